The van der Waals surface area contributed by atoms with E-state index in [-0.39, 0.29) is 12.1 Å². The maximum Gasteiger partial charge on any atom is 0.410 e. The van der Waals surface area contributed by atoms with Crippen LogP contribution < -0.4 is 4.74 Å². The second-order valence-electron chi connectivity index (χ2n) is 7.33. The lowest BCUT2D eigenvalue weighted by Gasteiger charge is -2.33. The minimum atomic E-state index is -0.515. The maximum atomic E-state index is 12.2. The number of fused-ring (bicyclic) bond motifs is 1. The van der Waals surface area contributed by atoms with E-state index in [0.29, 0.717) is 13.2 Å². The summed E-state index contributed by atoms with van der Waals surface area (Å²) in [7, 11) is 1.74. The third kappa shape index (κ3) is 4.52. The summed E-state index contributed by atoms with van der Waals surface area (Å²) in [5.74, 6) is 1.64. The van der Waals surface area contributed by atoms with Crippen molar-refractivity contribution in [3.05, 3.63) is 42.1 Å². The van der Waals surface area contributed by atoms with Crippen molar-refractivity contribution in [2.45, 2.75) is 49.6 Å². The fourth-order valence-electron chi connectivity index (χ4n) is 2.61. The molecule has 0 saturated carbocycles. The molecule has 140 valence electrons. The summed E-state index contributed by atoms with van der Waals surface area (Å²) >= 11 is 1.71. The van der Waals surface area contributed by atoms with Gasteiger partial charge >= 0.3 is 6.09 Å². The number of hydrogen-bond donors (Lipinski definition) is 0. The average Bonchev–Trinajstić information content (AvgIpc) is 3.01. The van der Waals surface area contributed by atoms with E-state index in [1.54, 1.807) is 23.7 Å². The first kappa shape index (κ1) is 18.6. The second kappa shape index (κ2) is 7.61. The first-order valence-electron chi connectivity index (χ1n) is 8.64. The molecular weight excluding hydrogens is 350 g/mol. The van der Waals surface area contributed by atoms with Gasteiger partial charge in [0.05, 0.1) is 23.7 Å². The number of aromatic nitrogens is 2. The van der Waals surface area contributed by atoms with Crippen molar-refractivity contribution in [2.24, 2.45) is 0 Å². The van der Waals surface area contributed by atoms with E-state index in [1.807, 2.05) is 49.8 Å². The predicted molar refractivity (Wildman–Crippen MR) is 102 cm³/mol. The Morgan fingerprint density at radius 1 is 1.38 bits per heavy atom. The first-order chi connectivity index (χ1) is 12.3. The highest BCUT2D eigenvalue weighted by Gasteiger charge is 2.31. The van der Waals surface area contributed by atoms with Gasteiger partial charge < -0.3 is 14.4 Å². The average molecular weight is 375 g/mol. The number of carbonyl (C=O) groups is 1. The summed E-state index contributed by atoms with van der Waals surface area (Å²) in [5.41, 5.74) is 0.745. The van der Waals surface area contributed by atoms with Crippen LogP contribution in [0.15, 0.2) is 41.4 Å². The van der Waals surface area contributed by atoms with Gasteiger partial charge in [0.2, 0.25) is 5.88 Å². The van der Waals surface area contributed by atoms with Crippen LogP contribution in [0.3, 0.4) is 0 Å². The van der Waals surface area contributed by atoms with Crippen LogP contribution in [0.2, 0.25) is 0 Å². The van der Waals surface area contributed by atoms with Gasteiger partial charge in [-0.05, 0) is 26.3 Å². The summed E-state index contributed by atoms with van der Waals surface area (Å²) in [5, 5.41) is 4.43. The van der Waals surface area contributed by atoms with Crippen LogP contribution in [-0.4, -0.2) is 46.1 Å². The number of carbonyl (C=O) groups excluding carboxylic acids is 1. The Hall–Kier alpha value is -2.15. The largest absolute Gasteiger partial charge is 0.475 e. The number of likely N-dealkylation sites (N-methyl/N-ethyl adjacent to an activating group) is 1. The number of thioether (sulfide) groups is 1. The Labute approximate surface area is 158 Å². The standard InChI is InChI=1S/C19H25N3O3S/c1-19(2,3)25-18(23)21(4)15-11-22-17(24-12-15)16(10-20-22)26-13-14-8-6-5-7-9-14/h5-10,15H,11-13H2,1-4H3/t15-/m1/s1. The molecule has 0 saturated heterocycles. The lowest BCUT2D eigenvalue weighted by atomic mass is 10.2. The molecule has 0 fully saturated rings. The van der Waals surface area contributed by atoms with Gasteiger partial charge in [0.25, 0.3) is 0 Å². The number of amides is 1. The van der Waals surface area contributed by atoms with Crippen LogP contribution in [0, 0.1) is 0 Å². The Morgan fingerprint density at radius 2 is 2.12 bits per heavy atom. The highest BCUT2D eigenvalue weighted by Crippen LogP contribution is 2.34. The molecule has 1 atom stereocenters. The molecule has 0 bridgehead atoms. The SMILES string of the molecule is CN(C(=O)OC(C)(C)C)[C@H]1COc2c(SCc3ccccc3)cnn2C1. The molecule has 0 spiro atoms. The highest BCUT2D eigenvalue weighted by molar-refractivity contribution is 7.98. The van der Waals surface area contributed by atoms with Gasteiger partial charge in [0.15, 0.2) is 0 Å². The Morgan fingerprint density at radius 3 is 2.81 bits per heavy atom. The number of rotatable bonds is 4. The van der Waals surface area contributed by atoms with E-state index in [2.05, 4.69) is 17.2 Å². The molecule has 0 unspecified atom stereocenters. The fraction of sp³-hybridized carbons (Fsp3) is 0.474. The normalized spacial score (nSPS) is 16.5. The van der Waals surface area contributed by atoms with Gasteiger partial charge in [-0.15, -0.1) is 11.8 Å². The van der Waals surface area contributed by atoms with E-state index >= 15 is 0 Å². The molecule has 0 N–H and O–H groups in total. The van der Waals surface area contributed by atoms with E-state index in [1.165, 1.54) is 5.56 Å². The fourth-order valence-corrected chi connectivity index (χ4v) is 3.54. The molecule has 2 heterocycles. The van der Waals surface area contributed by atoms with Crippen LogP contribution in [0.25, 0.3) is 0 Å². The van der Waals surface area contributed by atoms with Gasteiger partial charge in [-0.25, -0.2) is 9.48 Å². The van der Waals surface area contributed by atoms with Gasteiger partial charge in [-0.1, -0.05) is 30.3 Å². The molecule has 26 heavy (non-hydrogen) atoms. The van der Waals surface area contributed by atoms with Gasteiger partial charge in [0, 0.05) is 12.8 Å². The summed E-state index contributed by atoms with van der Waals surface area (Å²) in [6.45, 7) is 6.60. The molecule has 0 radical (unpaired) electrons. The summed E-state index contributed by atoms with van der Waals surface area (Å²) in [4.78, 5) is 14.9. The van der Waals surface area contributed by atoms with Crippen LogP contribution in [-0.2, 0) is 17.0 Å². The van der Waals surface area contributed by atoms with Crippen molar-refractivity contribution in [1.29, 1.82) is 0 Å². The van der Waals surface area contributed by atoms with Gasteiger partial charge in [0.1, 0.15) is 12.2 Å². The number of benzene rings is 1. The predicted octanol–water partition coefficient (Wildman–Crippen LogP) is 3.80. The lowest BCUT2D eigenvalue weighted by molar-refractivity contribution is 0.0102. The molecule has 1 aliphatic rings. The zero-order valence-electron chi connectivity index (χ0n) is 15.6. The zero-order chi connectivity index (χ0) is 18.7. The van der Waals surface area contributed by atoms with Crippen molar-refractivity contribution in [1.82, 2.24) is 14.7 Å². The maximum absolute atomic E-state index is 12.2. The monoisotopic (exact) mass is 375 g/mol. The van der Waals surface area contributed by atoms with Crippen molar-refractivity contribution < 1.29 is 14.3 Å². The molecule has 0 aliphatic carbocycles. The quantitative estimate of drug-likeness (QED) is 0.761. The third-order valence-corrected chi connectivity index (χ3v) is 5.09. The van der Waals surface area contributed by atoms with Gasteiger partial charge in [-0.3, -0.25) is 0 Å². The minimum absolute atomic E-state index is 0.107. The topological polar surface area (TPSA) is 56.6 Å². The van der Waals surface area contributed by atoms with E-state index in [4.69, 9.17) is 9.47 Å². The molecule has 1 aromatic heterocycles. The molecule has 2 aromatic rings. The third-order valence-electron chi connectivity index (χ3n) is 4.02. The van der Waals surface area contributed by atoms with E-state index < -0.39 is 5.60 Å². The van der Waals surface area contributed by atoms with Crippen LogP contribution in [0.4, 0.5) is 4.79 Å². The highest BCUT2D eigenvalue weighted by atomic mass is 32.2. The Bertz CT molecular complexity index is 755. The number of nitrogens with zero attached hydrogens (tertiary/aromatic N) is 3. The minimum Gasteiger partial charge on any atom is -0.475 e. The van der Waals surface area contributed by atoms with Crippen molar-refractivity contribution in [3.8, 4) is 5.88 Å². The molecule has 1 amide bonds. The number of ether oxygens (including phenoxy) is 2. The second-order valence-corrected chi connectivity index (χ2v) is 8.34. The first-order valence-corrected chi connectivity index (χ1v) is 9.63. The molecule has 3 rings (SSSR count). The Balaban J connectivity index is 1.61. The smallest absolute Gasteiger partial charge is 0.410 e. The van der Waals surface area contributed by atoms with Crippen molar-refractivity contribution in [2.75, 3.05) is 13.7 Å². The van der Waals surface area contributed by atoms with Crippen LogP contribution >= 0.6 is 11.8 Å². The summed E-state index contributed by atoms with van der Waals surface area (Å²) in [6, 6.07) is 10.2. The summed E-state index contributed by atoms with van der Waals surface area (Å²) in [6.07, 6.45) is 1.49. The van der Waals surface area contributed by atoms with Crippen molar-refractivity contribution in [3.63, 3.8) is 0 Å². The molecular formula is C19H25N3O3S. The van der Waals surface area contributed by atoms with E-state index in [0.717, 1.165) is 16.5 Å². The Kier molecular flexibility index (Phi) is 5.46. The van der Waals surface area contributed by atoms with Gasteiger partial charge in [-0.2, -0.15) is 5.10 Å². The molecule has 1 aliphatic heterocycles. The zero-order valence-corrected chi connectivity index (χ0v) is 16.5. The lowest BCUT2D eigenvalue weighted by Crippen LogP contribution is -2.47. The number of hydrogen-bond acceptors (Lipinski definition) is 5. The molecule has 7 heteroatoms. The van der Waals surface area contributed by atoms with Crippen molar-refractivity contribution >= 4 is 17.9 Å². The van der Waals surface area contributed by atoms with Crippen LogP contribution in [0.5, 0.6) is 5.88 Å². The molecule has 6 nitrogen and oxygen atoms in total. The summed E-state index contributed by atoms with van der Waals surface area (Å²) < 4.78 is 13.2. The van der Waals surface area contributed by atoms with Crippen LogP contribution in [0.1, 0.15) is 26.3 Å². The molecule has 1 aromatic carbocycles. The van der Waals surface area contributed by atoms with E-state index in [9.17, 15) is 4.79 Å².